The van der Waals surface area contributed by atoms with Gasteiger partial charge in [0.05, 0.1) is 17.5 Å². The monoisotopic (exact) mass is 381 g/mol. The molecule has 1 aliphatic heterocycles. The smallest absolute Gasteiger partial charge is 0.352 e. The fourth-order valence-electron chi connectivity index (χ4n) is 2.92. The number of rotatable bonds is 4. The number of nitrogens with one attached hydrogen (secondary N) is 1. The van der Waals surface area contributed by atoms with Crippen LogP contribution in [0.3, 0.4) is 0 Å². The highest BCUT2D eigenvalue weighted by molar-refractivity contribution is 7.99. The Kier molecular flexibility index (Phi) is 4.90. The van der Waals surface area contributed by atoms with E-state index in [-0.39, 0.29) is 24.5 Å². The van der Waals surface area contributed by atoms with Crippen LogP contribution in [0.2, 0.25) is 0 Å². The molecule has 2 amide bonds. The predicted octanol–water partition coefficient (Wildman–Crippen LogP) is 1.95. The lowest BCUT2D eigenvalue weighted by Gasteiger charge is -2.43. The molecule has 138 valence electrons. The van der Waals surface area contributed by atoms with Gasteiger partial charge in [-0.2, -0.15) is 14.0 Å². The number of alkyl halides is 2. The highest BCUT2D eigenvalue weighted by atomic mass is 32.2. The molecule has 26 heavy (non-hydrogen) atoms. The summed E-state index contributed by atoms with van der Waals surface area (Å²) in [5.74, 6) is -5.84. The third kappa shape index (κ3) is 3.15. The Bertz CT molecular complexity index is 760. The molecule has 6 nitrogen and oxygen atoms in total. The zero-order valence-corrected chi connectivity index (χ0v) is 14.6. The van der Waals surface area contributed by atoms with Gasteiger partial charge in [0.2, 0.25) is 5.91 Å². The molecule has 2 N–H and O–H groups in total. The third-order valence-corrected chi connectivity index (χ3v) is 5.77. The average molecular weight is 381 g/mol. The maximum Gasteiger partial charge on any atom is 0.352 e. The van der Waals surface area contributed by atoms with Crippen molar-refractivity contribution >= 4 is 29.3 Å². The molecule has 2 aliphatic rings. The van der Waals surface area contributed by atoms with Crippen LogP contribution in [0.25, 0.3) is 0 Å². The molecule has 1 unspecified atom stereocenters. The molecule has 1 aliphatic carbocycles. The topological polar surface area (TPSA) is 93.4 Å². The molecule has 0 spiro atoms. The second-order valence-electron chi connectivity index (χ2n) is 6.43. The van der Waals surface area contributed by atoms with Gasteiger partial charge in [0.1, 0.15) is 11.6 Å². The Morgan fingerprint density at radius 3 is 2.54 bits per heavy atom. The van der Waals surface area contributed by atoms with Gasteiger partial charge < -0.3 is 15.3 Å². The van der Waals surface area contributed by atoms with Gasteiger partial charge in [-0.15, -0.1) is 11.8 Å². The summed E-state index contributed by atoms with van der Waals surface area (Å²) < 4.78 is 28.9. The molecule has 0 aromatic heterocycles. The first-order valence-corrected chi connectivity index (χ1v) is 9.24. The molecule has 1 heterocycles. The fraction of sp³-hybridized carbons (Fsp3) is 0.471. The van der Waals surface area contributed by atoms with Gasteiger partial charge in [-0.3, -0.25) is 9.59 Å². The summed E-state index contributed by atoms with van der Waals surface area (Å²) in [5, 5.41) is 21.3. The van der Waals surface area contributed by atoms with E-state index in [2.05, 4.69) is 5.32 Å². The maximum atomic E-state index is 14.4. The zero-order valence-electron chi connectivity index (χ0n) is 13.7. The number of nitriles is 1. The van der Waals surface area contributed by atoms with Crippen LogP contribution in [0, 0.1) is 11.3 Å². The second kappa shape index (κ2) is 6.85. The summed E-state index contributed by atoms with van der Waals surface area (Å²) in [6, 6.07) is 6.99. The van der Waals surface area contributed by atoms with E-state index in [4.69, 9.17) is 5.26 Å². The zero-order chi connectivity index (χ0) is 18.9. The van der Waals surface area contributed by atoms with Crippen molar-refractivity contribution in [3.8, 4) is 6.07 Å². The number of carbonyl (C=O) groups is 2. The number of anilines is 1. The van der Waals surface area contributed by atoms with Crippen LogP contribution in [0.4, 0.5) is 14.5 Å². The highest BCUT2D eigenvalue weighted by Crippen LogP contribution is 2.46. The summed E-state index contributed by atoms with van der Waals surface area (Å²) in [5.41, 5.74) is -1.49. The molecule has 0 bridgehead atoms. The van der Waals surface area contributed by atoms with Gasteiger partial charge in [-0.1, -0.05) is 0 Å². The first-order valence-electron chi connectivity index (χ1n) is 8.08. The molecule has 1 saturated carbocycles. The van der Waals surface area contributed by atoms with E-state index in [0.717, 1.165) is 4.90 Å². The third-order valence-electron chi connectivity index (χ3n) is 4.76. The average Bonchev–Trinajstić information content (AvgIpc) is 3.09. The quantitative estimate of drug-likeness (QED) is 0.832. The molecular weight excluding hydrogens is 364 g/mol. The van der Waals surface area contributed by atoms with E-state index in [1.165, 1.54) is 36.0 Å². The number of benzene rings is 1. The van der Waals surface area contributed by atoms with E-state index in [1.807, 2.05) is 6.07 Å². The molecule has 0 radical (unpaired) electrons. The number of halogens is 2. The summed E-state index contributed by atoms with van der Waals surface area (Å²) >= 11 is 1.20. The van der Waals surface area contributed by atoms with Gasteiger partial charge in [0.15, 0.2) is 0 Å². The van der Waals surface area contributed by atoms with Crippen molar-refractivity contribution in [3.63, 3.8) is 0 Å². The van der Waals surface area contributed by atoms with Crippen LogP contribution in [0.5, 0.6) is 0 Å². The molecule has 2 fully saturated rings. The second-order valence-corrected chi connectivity index (χ2v) is 7.43. The van der Waals surface area contributed by atoms with E-state index < -0.39 is 29.4 Å². The first kappa shape index (κ1) is 18.6. The van der Waals surface area contributed by atoms with Crippen molar-refractivity contribution in [1.29, 1.82) is 5.26 Å². The van der Waals surface area contributed by atoms with Gasteiger partial charge >= 0.3 is 5.92 Å². The predicted molar refractivity (Wildman–Crippen MR) is 91.5 cm³/mol. The van der Waals surface area contributed by atoms with Crippen LogP contribution < -0.4 is 5.32 Å². The molecule has 1 aromatic carbocycles. The Labute approximate surface area is 153 Å². The molecular formula is C17H17F2N3O3S. The number of hydrogen-bond acceptors (Lipinski definition) is 5. The standard InChI is InChI=1S/C17H17F2N3O3S/c18-17(19,16(25)6-1-7-16)15(24)22-10-26-9-13(22)14(23)21-12-4-2-11(8-20)3-5-12/h2-5,13,25H,1,6-7,9-10H2,(H,21,23). The van der Waals surface area contributed by atoms with Gasteiger partial charge in [0.25, 0.3) is 5.91 Å². The van der Waals surface area contributed by atoms with Crippen LogP contribution in [0.15, 0.2) is 24.3 Å². The molecule has 1 saturated heterocycles. The largest absolute Gasteiger partial charge is 0.383 e. The summed E-state index contributed by atoms with van der Waals surface area (Å²) in [4.78, 5) is 25.6. The fourth-order valence-corrected chi connectivity index (χ4v) is 4.07. The van der Waals surface area contributed by atoms with Crippen LogP contribution >= 0.6 is 11.8 Å². The number of aliphatic hydroxyl groups is 1. The summed E-state index contributed by atoms with van der Waals surface area (Å²) in [6.45, 7) is 0. The van der Waals surface area contributed by atoms with Crippen molar-refractivity contribution in [3.05, 3.63) is 29.8 Å². The van der Waals surface area contributed by atoms with Crippen LogP contribution in [0.1, 0.15) is 24.8 Å². The highest BCUT2D eigenvalue weighted by Gasteiger charge is 2.63. The molecule has 9 heteroatoms. The van der Waals surface area contributed by atoms with Crippen molar-refractivity contribution in [2.45, 2.75) is 36.8 Å². The Morgan fingerprint density at radius 2 is 2.00 bits per heavy atom. The maximum absolute atomic E-state index is 14.4. The number of amides is 2. The van der Waals surface area contributed by atoms with Crippen LogP contribution in [-0.2, 0) is 9.59 Å². The molecule has 1 aromatic rings. The number of thioether (sulfide) groups is 1. The first-order chi connectivity index (χ1) is 12.3. The van der Waals surface area contributed by atoms with Crippen molar-refractivity contribution in [1.82, 2.24) is 4.90 Å². The van der Waals surface area contributed by atoms with Crippen molar-refractivity contribution in [2.75, 3.05) is 16.9 Å². The van der Waals surface area contributed by atoms with E-state index in [9.17, 15) is 23.5 Å². The van der Waals surface area contributed by atoms with Gasteiger partial charge in [0, 0.05) is 11.4 Å². The lowest BCUT2D eigenvalue weighted by Crippen LogP contribution is -2.62. The molecule has 1 atom stereocenters. The van der Waals surface area contributed by atoms with Gasteiger partial charge in [-0.25, -0.2) is 0 Å². The molecule has 3 rings (SSSR count). The minimum Gasteiger partial charge on any atom is -0.383 e. The Hall–Kier alpha value is -2.18. The normalized spacial score (nSPS) is 21.6. The lowest BCUT2D eigenvalue weighted by atomic mass is 9.75. The van der Waals surface area contributed by atoms with E-state index in [0.29, 0.717) is 17.7 Å². The minimum atomic E-state index is -3.91. The lowest BCUT2D eigenvalue weighted by molar-refractivity contribution is -0.223. The summed E-state index contributed by atoms with van der Waals surface area (Å²) in [6.07, 6.45) is 0.181. The number of hydrogen-bond donors (Lipinski definition) is 2. The van der Waals surface area contributed by atoms with Crippen molar-refractivity contribution in [2.24, 2.45) is 0 Å². The number of nitrogens with zero attached hydrogens (tertiary/aromatic N) is 2. The van der Waals surface area contributed by atoms with E-state index >= 15 is 0 Å². The minimum absolute atomic E-state index is 0.0318. The summed E-state index contributed by atoms with van der Waals surface area (Å²) in [7, 11) is 0. The van der Waals surface area contributed by atoms with Crippen molar-refractivity contribution < 1.29 is 23.5 Å². The van der Waals surface area contributed by atoms with Crippen LogP contribution in [-0.4, -0.2) is 51.0 Å². The number of carbonyl (C=O) groups excluding carboxylic acids is 2. The Morgan fingerprint density at radius 1 is 1.35 bits per heavy atom. The van der Waals surface area contributed by atoms with E-state index in [1.54, 1.807) is 0 Å². The van der Waals surface area contributed by atoms with Gasteiger partial charge in [-0.05, 0) is 43.5 Å². The SMILES string of the molecule is N#Cc1ccc(NC(=O)C2CSCN2C(=O)C(F)(F)C2(O)CCC2)cc1. The Balaban J connectivity index is 1.71.